The van der Waals surface area contributed by atoms with Crippen molar-refractivity contribution in [3.63, 3.8) is 0 Å². The fourth-order valence-electron chi connectivity index (χ4n) is 2.20. The van der Waals surface area contributed by atoms with E-state index in [1.165, 1.54) is 0 Å². The zero-order chi connectivity index (χ0) is 14.8. The lowest BCUT2D eigenvalue weighted by atomic mass is 10.2. The number of methoxy groups -OCH3 is 1. The summed E-state index contributed by atoms with van der Waals surface area (Å²) in [5.41, 5.74) is 14.7. The predicted molar refractivity (Wildman–Crippen MR) is 86.8 cm³/mol. The largest absolute Gasteiger partial charge is 0.497 e. The van der Waals surface area contributed by atoms with Crippen molar-refractivity contribution in [1.29, 1.82) is 0 Å². The Labute approximate surface area is 122 Å². The van der Waals surface area contributed by atoms with Crippen molar-refractivity contribution >= 4 is 33.8 Å². The second kappa shape index (κ2) is 5.20. The van der Waals surface area contributed by atoms with Crippen LogP contribution < -0.4 is 21.5 Å². The maximum Gasteiger partial charge on any atom is 0.131 e. The van der Waals surface area contributed by atoms with Gasteiger partial charge in [-0.25, -0.2) is 4.98 Å². The number of nitrogens with two attached hydrogens (primary N) is 2. The van der Waals surface area contributed by atoms with Crippen molar-refractivity contribution in [1.82, 2.24) is 4.98 Å². The molecule has 0 radical (unpaired) electrons. The van der Waals surface area contributed by atoms with Gasteiger partial charge >= 0.3 is 0 Å². The van der Waals surface area contributed by atoms with E-state index in [0.717, 1.165) is 16.6 Å². The molecule has 5 nitrogen and oxygen atoms in total. The number of hydrogen-bond acceptors (Lipinski definition) is 5. The van der Waals surface area contributed by atoms with Gasteiger partial charge in [-0.1, -0.05) is 12.1 Å². The minimum absolute atomic E-state index is 0.622. The van der Waals surface area contributed by atoms with E-state index in [9.17, 15) is 0 Å². The molecule has 5 N–H and O–H groups in total. The normalized spacial score (nSPS) is 10.5. The Balaban J connectivity index is 1.98. The zero-order valence-electron chi connectivity index (χ0n) is 11.6. The van der Waals surface area contributed by atoms with Crippen LogP contribution in [0.15, 0.2) is 48.5 Å². The highest BCUT2D eigenvalue weighted by molar-refractivity contribution is 5.90. The van der Waals surface area contributed by atoms with Gasteiger partial charge in [0.25, 0.3) is 0 Å². The Bertz CT molecular complexity index is 801. The number of nitrogens with one attached hydrogen (secondary N) is 1. The first-order valence-corrected chi connectivity index (χ1v) is 6.52. The second-order valence-electron chi connectivity index (χ2n) is 4.74. The predicted octanol–water partition coefficient (Wildman–Crippen LogP) is 3.15. The summed E-state index contributed by atoms with van der Waals surface area (Å²) < 4.78 is 5.20. The van der Waals surface area contributed by atoms with Crippen molar-refractivity contribution in [3.05, 3.63) is 48.5 Å². The maximum atomic E-state index is 5.96. The third kappa shape index (κ3) is 2.67. The van der Waals surface area contributed by atoms with E-state index in [2.05, 4.69) is 10.3 Å². The van der Waals surface area contributed by atoms with Crippen LogP contribution in [0.25, 0.3) is 10.9 Å². The number of aromatic nitrogens is 1. The lowest BCUT2D eigenvalue weighted by molar-refractivity contribution is 0.415. The van der Waals surface area contributed by atoms with E-state index in [0.29, 0.717) is 22.9 Å². The maximum absolute atomic E-state index is 5.96. The van der Waals surface area contributed by atoms with E-state index < -0.39 is 0 Å². The summed E-state index contributed by atoms with van der Waals surface area (Å²) in [5, 5.41) is 4.22. The van der Waals surface area contributed by atoms with Crippen LogP contribution in [0.1, 0.15) is 0 Å². The van der Waals surface area contributed by atoms with Crippen LogP contribution in [0, 0.1) is 0 Å². The van der Waals surface area contributed by atoms with Crippen molar-refractivity contribution < 1.29 is 4.74 Å². The van der Waals surface area contributed by atoms with E-state index in [1.54, 1.807) is 13.2 Å². The topological polar surface area (TPSA) is 86.2 Å². The van der Waals surface area contributed by atoms with Crippen LogP contribution in [0.4, 0.5) is 22.9 Å². The number of hydrogen-bond donors (Lipinski definition) is 3. The number of pyridine rings is 1. The third-order valence-electron chi connectivity index (χ3n) is 3.19. The molecule has 3 aromatic rings. The van der Waals surface area contributed by atoms with Gasteiger partial charge in [-0.05, 0) is 24.3 Å². The van der Waals surface area contributed by atoms with Gasteiger partial charge in [-0.2, -0.15) is 0 Å². The zero-order valence-corrected chi connectivity index (χ0v) is 11.6. The molecule has 0 unspecified atom stereocenters. The van der Waals surface area contributed by atoms with Gasteiger partial charge in [0, 0.05) is 28.9 Å². The molecular weight excluding hydrogens is 264 g/mol. The van der Waals surface area contributed by atoms with Crippen molar-refractivity contribution in [3.8, 4) is 5.75 Å². The summed E-state index contributed by atoms with van der Waals surface area (Å²) in [5.74, 6) is 1.39. The van der Waals surface area contributed by atoms with Crippen molar-refractivity contribution in [2.24, 2.45) is 0 Å². The molecule has 1 aromatic heterocycles. The average molecular weight is 280 g/mol. The lowest BCUT2D eigenvalue weighted by Crippen LogP contribution is -1.97. The molecule has 106 valence electrons. The van der Waals surface area contributed by atoms with E-state index in [4.69, 9.17) is 16.2 Å². The van der Waals surface area contributed by atoms with Gasteiger partial charge in [0.1, 0.15) is 11.6 Å². The molecule has 0 saturated heterocycles. The molecule has 5 heteroatoms. The minimum Gasteiger partial charge on any atom is -0.497 e. The molecule has 21 heavy (non-hydrogen) atoms. The van der Waals surface area contributed by atoms with Crippen molar-refractivity contribution in [2.45, 2.75) is 0 Å². The molecule has 0 spiro atoms. The number of fused-ring (bicyclic) bond motifs is 1. The first-order valence-electron chi connectivity index (χ1n) is 6.52. The summed E-state index contributed by atoms with van der Waals surface area (Å²) in [7, 11) is 1.60. The lowest BCUT2D eigenvalue weighted by Gasteiger charge is -2.10. The molecule has 2 aromatic carbocycles. The van der Waals surface area contributed by atoms with Crippen LogP contribution in [-0.2, 0) is 0 Å². The Morgan fingerprint density at radius 1 is 1.05 bits per heavy atom. The number of rotatable bonds is 3. The molecule has 0 amide bonds. The number of ether oxygens (including phenoxy) is 1. The Morgan fingerprint density at radius 2 is 1.90 bits per heavy atom. The van der Waals surface area contributed by atoms with Crippen LogP contribution in [0.2, 0.25) is 0 Å². The molecule has 0 atom stereocenters. The monoisotopic (exact) mass is 280 g/mol. The Kier molecular flexibility index (Phi) is 3.23. The van der Waals surface area contributed by atoms with Gasteiger partial charge in [-0.3, -0.25) is 0 Å². The highest BCUT2D eigenvalue weighted by Gasteiger charge is 2.04. The number of nitrogens with zero attached hydrogens (tertiary/aromatic N) is 1. The van der Waals surface area contributed by atoms with Crippen LogP contribution >= 0.6 is 0 Å². The average Bonchev–Trinajstić information content (AvgIpc) is 2.47. The molecule has 1 heterocycles. The van der Waals surface area contributed by atoms with Crippen LogP contribution in [-0.4, -0.2) is 12.1 Å². The molecular formula is C16H16N4O. The molecule has 0 aliphatic rings. The minimum atomic E-state index is 0.622. The highest BCUT2D eigenvalue weighted by atomic mass is 16.5. The number of benzene rings is 2. The number of anilines is 4. The molecule has 0 saturated carbocycles. The fraction of sp³-hybridized carbons (Fsp3) is 0.0625. The Hall–Kier alpha value is -2.95. The molecule has 0 bridgehead atoms. The summed E-state index contributed by atoms with van der Waals surface area (Å²) in [6, 6.07) is 15.0. The second-order valence-corrected chi connectivity index (χ2v) is 4.74. The van der Waals surface area contributed by atoms with E-state index in [1.807, 2.05) is 42.5 Å². The van der Waals surface area contributed by atoms with Gasteiger partial charge < -0.3 is 21.5 Å². The first-order chi connectivity index (χ1) is 10.2. The van der Waals surface area contributed by atoms with Crippen molar-refractivity contribution in [2.75, 3.05) is 23.9 Å². The summed E-state index contributed by atoms with van der Waals surface area (Å²) >= 11 is 0. The van der Waals surface area contributed by atoms with E-state index in [-0.39, 0.29) is 0 Å². The fourth-order valence-corrected chi connectivity index (χ4v) is 2.20. The summed E-state index contributed by atoms with van der Waals surface area (Å²) in [6.07, 6.45) is 0. The smallest absolute Gasteiger partial charge is 0.131 e. The van der Waals surface area contributed by atoms with Crippen LogP contribution in [0.5, 0.6) is 5.75 Å². The number of nitrogen functional groups attached to an aromatic ring is 2. The van der Waals surface area contributed by atoms with Gasteiger partial charge in [-0.15, -0.1) is 0 Å². The SMILES string of the molecule is COc1cc(N)cc(Nc2ccc3cccc(N)c3n2)c1. The quantitative estimate of drug-likeness (QED) is 0.642. The molecule has 0 aliphatic heterocycles. The standard InChI is InChI=1S/C16H16N4O/c1-21-13-8-11(17)7-12(9-13)19-15-6-5-10-3-2-4-14(18)16(10)20-15/h2-9H,17-18H2,1H3,(H,19,20). The van der Waals surface area contributed by atoms with Crippen LogP contribution in [0.3, 0.4) is 0 Å². The highest BCUT2D eigenvalue weighted by Crippen LogP contribution is 2.26. The molecule has 3 rings (SSSR count). The molecule has 0 fully saturated rings. The first kappa shape index (κ1) is 13.1. The summed E-state index contributed by atoms with van der Waals surface area (Å²) in [4.78, 5) is 4.54. The third-order valence-corrected chi connectivity index (χ3v) is 3.19. The number of para-hydroxylation sites is 1. The van der Waals surface area contributed by atoms with E-state index >= 15 is 0 Å². The Morgan fingerprint density at radius 3 is 2.71 bits per heavy atom. The van der Waals surface area contributed by atoms with Gasteiger partial charge in [0.05, 0.1) is 18.3 Å². The molecule has 0 aliphatic carbocycles. The summed E-state index contributed by atoms with van der Waals surface area (Å²) in [6.45, 7) is 0. The van der Waals surface area contributed by atoms with Gasteiger partial charge in [0.15, 0.2) is 0 Å². The van der Waals surface area contributed by atoms with Gasteiger partial charge in [0.2, 0.25) is 0 Å².